The fraction of sp³-hybridized carbons (Fsp3) is 1.00. The first-order chi connectivity index (χ1) is 5.89. The average molecular weight is 199 g/mol. The van der Waals surface area contributed by atoms with Crippen molar-refractivity contribution in [1.29, 1.82) is 0 Å². The van der Waals surface area contributed by atoms with E-state index < -0.39 is 12.7 Å². The predicted molar refractivity (Wildman–Crippen MR) is 44.4 cm³/mol. The Morgan fingerprint density at radius 2 is 1.92 bits per heavy atom. The van der Waals surface area contributed by atoms with Crippen molar-refractivity contribution in [2.45, 2.75) is 20.0 Å². The highest BCUT2D eigenvalue weighted by molar-refractivity contribution is 4.64. The molecule has 0 fully saturated rings. The molecule has 0 saturated carbocycles. The summed E-state index contributed by atoms with van der Waals surface area (Å²) in [5.41, 5.74) is 0. The van der Waals surface area contributed by atoms with Gasteiger partial charge in [-0.3, -0.25) is 4.90 Å². The van der Waals surface area contributed by atoms with Gasteiger partial charge in [0, 0.05) is 13.2 Å². The summed E-state index contributed by atoms with van der Waals surface area (Å²) in [7, 11) is 0. The van der Waals surface area contributed by atoms with Crippen molar-refractivity contribution in [3.05, 3.63) is 0 Å². The molecular formula is C8H16F3NO. The fourth-order valence-electron chi connectivity index (χ4n) is 1.06. The van der Waals surface area contributed by atoms with Gasteiger partial charge in [-0.25, -0.2) is 0 Å². The number of rotatable bonds is 5. The number of aliphatic hydroxyl groups is 1. The minimum Gasteiger partial charge on any atom is -0.396 e. The molecule has 13 heavy (non-hydrogen) atoms. The maximum atomic E-state index is 11.9. The number of nitrogens with zero attached hydrogens (tertiary/aromatic N) is 1. The molecule has 1 unspecified atom stereocenters. The average Bonchev–Trinajstić information content (AvgIpc) is 2.00. The lowest BCUT2D eigenvalue weighted by Crippen LogP contribution is -2.37. The first-order valence-electron chi connectivity index (χ1n) is 4.29. The molecule has 0 aromatic rings. The van der Waals surface area contributed by atoms with Crippen LogP contribution >= 0.6 is 0 Å². The van der Waals surface area contributed by atoms with E-state index in [-0.39, 0.29) is 19.1 Å². The first kappa shape index (κ1) is 12.7. The van der Waals surface area contributed by atoms with E-state index in [1.165, 1.54) is 4.90 Å². The van der Waals surface area contributed by atoms with Crippen LogP contribution in [0.3, 0.4) is 0 Å². The molecule has 0 saturated heterocycles. The lowest BCUT2D eigenvalue weighted by atomic mass is 10.2. The molecule has 2 nitrogen and oxygen atoms in total. The SMILES string of the molecule is CCN(CC(C)CO)CC(F)(F)F. The molecule has 0 rings (SSSR count). The van der Waals surface area contributed by atoms with Crippen LogP contribution in [0.25, 0.3) is 0 Å². The maximum Gasteiger partial charge on any atom is 0.401 e. The van der Waals surface area contributed by atoms with Crippen LogP contribution < -0.4 is 0 Å². The quantitative estimate of drug-likeness (QED) is 0.725. The van der Waals surface area contributed by atoms with E-state index in [0.29, 0.717) is 6.54 Å². The molecule has 1 atom stereocenters. The second kappa shape index (κ2) is 5.44. The Morgan fingerprint density at radius 1 is 1.38 bits per heavy atom. The molecule has 0 heterocycles. The van der Waals surface area contributed by atoms with Crippen molar-refractivity contribution < 1.29 is 18.3 Å². The van der Waals surface area contributed by atoms with E-state index in [4.69, 9.17) is 5.11 Å². The van der Waals surface area contributed by atoms with Gasteiger partial charge >= 0.3 is 6.18 Å². The summed E-state index contributed by atoms with van der Waals surface area (Å²) in [4.78, 5) is 1.28. The lowest BCUT2D eigenvalue weighted by Gasteiger charge is -2.24. The Hall–Kier alpha value is -0.290. The van der Waals surface area contributed by atoms with Crippen LogP contribution in [0, 0.1) is 5.92 Å². The number of aliphatic hydroxyl groups excluding tert-OH is 1. The second-order valence-corrected chi connectivity index (χ2v) is 3.23. The van der Waals surface area contributed by atoms with Crippen LogP contribution in [0.15, 0.2) is 0 Å². The molecule has 0 aromatic carbocycles. The van der Waals surface area contributed by atoms with E-state index >= 15 is 0 Å². The summed E-state index contributed by atoms with van der Waals surface area (Å²) in [6.45, 7) is 3.06. The Morgan fingerprint density at radius 3 is 2.23 bits per heavy atom. The number of halogens is 3. The van der Waals surface area contributed by atoms with Crippen molar-refractivity contribution in [3.8, 4) is 0 Å². The third-order valence-corrected chi connectivity index (χ3v) is 1.73. The molecule has 0 aliphatic rings. The van der Waals surface area contributed by atoms with Crippen molar-refractivity contribution >= 4 is 0 Å². The topological polar surface area (TPSA) is 23.5 Å². The zero-order valence-corrected chi connectivity index (χ0v) is 7.93. The van der Waals surface area contributed by atoms with Crippen LogP contribution in [0.2, 0.25) is 0 Å². The standard InChI is InChI=1S/C8H16F3NO/c1-3-12(4-7(2)5-13)6-8(9,10)11/h7,13H,3-6H2,1-2H3. The largest absolute Gasteiger partial charge is 0.401 e. The second-order valence-electron chi connectivity index (χ2n) is 3.23. The first-order valence-corrected chi connectivity index (χ1v) is 4.29. The molecule has 0 bridgehead atoms. The van der Waals surface area contributed by atoms with Crippen LogP contribution in [0.4, 0.5) is 13.2 Å². The summed E-state index contributed by atoms with van der Waals surface area (Å²) < 4.78 is 35.8. The molecule has 80 valence electrons. The van der Waals surface area contributed by atoms with E-state index in [0.717, 1.165) is 0 Å². The zero-order valence-electron chi connectivity index (χ0n) is 7.93. The highest BCUT2D eigenvalue weighted by Crippen LogP contribution is 2.16. The van der Waals surface area contributed by atoms with E-state index in [9.17, 15) is 13.2 Å². The van der Waals surface area contributed by atoms with Crippen molar-refractivity contribution in [1.82, 2.24) is 4.90 Å². The van der Waals surface area contributed by atoms with Crippen LogP contribution in [0.5, 0.6) is 0 Å². The van der Waals surface area contributed by atoms with E-state index in [2.05, 4.69) is 0 Å². The Balaban J connectivity index is 3.89. The molecular weight excluding hydrogens is 183 g/mol. The zero-order chi connectivity index (χ0) is 10.5. The normalized spacial score (nSPS) is 15.0. The third-order valence-electron chi connectivity index (χ3n) is 1.73. The number of hydrogen-bond donors (Lipinski definition) is 1. The summed E-state index contributed by atoms with van der Waals surface area (Å²) in [5.74, 6) is -0.109. The van der Waals surface area contributed by atoms with Gasteiger partial charge in [-0.15, -0.1) is 0 Å². The molecule has 0 aromatic heterocycles. The Kier molecular flexibility index (Phi) is 5.32. The van der Waals surface area contributed by atoms with Crippen LogP contribution in [-0.2, 0) is 0 Å². The van der Waals surface area contributed by atoms with Gasteiger partial charge in [0.05, 0.1) is 6.54 Å². The monoisotopic (exact) mass is 199 g/mol. The molecule has 1 N–H and O–H groups in total. The number of hydrogen-bond acceptors (Lipinski definition) is 2. The lowest BCUT2D eigenvalue weighted by molar-refractivity contribution is -0.146. The number of alkyl halides is 3. The highest BCUT2D eigenvalue weighted by Gasteiger charge is 2.30. The van der Waals surface area contributed by atoms with Crippen molar-refractivity contribution in [2.24, 2.45) is 5.92 Å². The molecule has 0 radical (unpaired) electrons. The predicted octanol–water partition coefficient (Wildman–Crippen LogP) is 1.50. The minimum absolute atomic E-state index is 0.0750. The van der Waals surface area contributed by atoms with Crippen LogP contribution in [0.1, 0.15) is 13.8 Å². The molecule has 0 amide bonds. The Bertz CT molecular complexity index is 138. The van der Waals surface area contributed by atoms with Gasteiger partial charge in [0.1, 0.15) is 0 Å². The third kappa shape index (κ3) is 6.83. The smallest absolute Gasteiger partial charge is 0.396 e. The van der Waals surface area contributed by atoms with Crippen molar-refractivity contribution in [2.75, 3.05) is 26.2 Å². The minimum atomic E-state index is -4.15. The summed E-state index contributed by atoms with van der Waals surface area (Å²) in [6.07, 6.45) is -4.15. The van der Waals surface area contributed by atoms with Gasteiger partial charge in [-0.1, -0.05) is 13.8 Å². The van der Waals surface area contributed by atoms with Gasteiger partial charge in [-0.2, -0.15) is 13.2 Å². The molecule has 0 spiro atoms. The molecule has 0 aliphatic heterocycles. The Labute approximate surface area is 76.3 Å². The summed E-state index contributed by atoms with van der Waals surface area (Å²) in [6, 6.07) is 0. The van der Waals surface area contributed by atoms with Gasteiger partial charge in [0.2, 0.25) is 0 Å². The van der Waals surface area contributed by atoms with Crippen LogP contribution in [-0.4, -0.2) is 42.4 Å². The summed E-state index contributed by atoms with van der Waals surface area (Å²) in [5, 5.41) is 8.67. The summed E-state index contributed by atoms with van der Waals surface area (Å²) >= 11 is 0. The fourth-order valence-corrected chi connectivity index (χ4v) is 1.06. The van der Waals surface area contributed by atoms with Gasteiger partial charge in [-0.05, 0) is 12.5 Å². The van der Waals surface area contributed by atoms with Gasteiger partial charge in [0.15, 0.2) is 0 Å². The highest BCUT2D eigenvalue weighted by atomic mass is 19.4. The van der Waals surface area contributed by atoms with Gasteiger partial charge < -0.3 is 5.11 Å². The molecule has 0 aliphatic carbocycles. The van der Waals surface area contributed by atoms with Gasteiger partial charge in [0.25, 0.3) is 0 Å². The van der Waals surface area contributed by atoms with E-state index in [1.54, 1.807) is 13.8 Å². The van der Waals surface area contributed by atoms with Crippen molar-refractivity contribution in [3.63, 3.8) is 0 Å². The van der Waals surface area contributed by atoms with E-state index in [1.807, 2.05) is 0 Å². The maximum absolute atomic E-state index is 11.9. The molecule has 5 heteroatoms.